The molecule has 3 unspecified atom stereocenters. The molecule has 1 spiro atoms. The van der Waals surface area contributed by atoms with Crippen LogP contribution in [0.5, 0.6) is 0 Å². The van der Waals surface area contributed by atoms with E-state index >= 15 is 0 Å². The number of rotatable bonds is 6. The fraction of sp³-hybridized carbons (Fsp3) is 0.625. The van der Waals surface area contributed by atoms with E-state index in [0.29, 0.717) is 17.1 Å². The molecule has 3 aliphatic rings. The number of hydrogen-bond acceptors (Lipinski definition) is 5. The first-order valence-electron chi connectivity index (χ1n) is 11.4. The Hall–Kier alpha value is -2.16. The summed E-state index contributed by atoms with van der Waals surface area (Å²) in [5.41, 5.74) is -1.48. The Morgan fingerprint density at radius 1 is 1.27 bits per heavy atom. The normalized spacial score (nSPS) is 35.6. The van der Waals surface area contributed by atoms with Gasteiger partial charge in [-0.15, -0.1) is 0 Å². The van der Waals surface area contributed by atoms with Crippen molar-refractivity contribution >= 4 is 35.0 Å². The van der Waals surface area contributed by atoms with Crippen molar-refractivity contribution in [2.45, 2.75) is 57.4 Å². The molecule has 0 radical (unpaired) electrons. The van der Waals surface area contributed by atoms with Gasteiger partial charge in [0, 0.05) is 17.8 Å². The molecule has 0 saturated carbocycles. The van der Waals surface area contributed by atoms with Crippen molar-refractivity contribution in [3.05, 3.63) is 29.3 Å². The lowest BCUT2D eigenvalue weighted by Gasteiger charge is -2.38. The number of aliphatic hydroxyl groups is 1. The molecule has 1 aromatic carbocycles. The number of amides is 3. The van der Waals surface area contributed by atoms with Crippen LogP contribution in [-0.2, 0) is 19.1 Å². The van der Waals surface area contributed by atoms with Crippen molar-refractivity contribution in [1.29, 1.82) is 0 Å². The summed E-state index contributed by atoms with van der Waals surface area (Å²) in [6.45, 7) is 7.35. The van der Waals surface area contributed by atoms with Crippen LogP contribution in [0.4, 0.5) is 5.69 Å². The summed E-state index contributed by atoms with van der Waals surface area (Å²) < 4.78 is 6.60. The van der Waals surface area contributed by atoms with Gasteiger partial charge in [-0.25, -0.2) is 0 Å². The number of hydrogen-bond donors (Lipinski definition) is 3. The summed E-state index contributed by atoms with van der Waals surface area (Å²) in [5.74, 6) is -2.66. The predicted molar refractivity (Wildman–Crippen MR) is 123 cm³/mol. The molecule has 2 bridgehead atoms. The zero-order valence-corrected chi connectivity index (χ0v) is 20.3. The van der Waals surface area contributed by atoms with Crippen LogP contribution in [0, 0.1) is 23.7 Å². The molecule has 33 heavy (non-hydrogen) atoms. The van der Waals surface area contributed by atoms with E-state index in [1.165, 1.54) is 4.90 Å². The number of fused-ring (bicyclic) bond motifs is 1. The largest absolute Gasteiger partial charge is 0.394 e. The Balaban J connectivity index is 1.82. The second-order valence-corrected chi connectivity index (χ2v) is 10.5. The van der Waals surface area contributed by atoms with E-state index < -0.39 is 41.0 Å². The monoisotopic (exact) mass is 477 g/mol. The number of benzene rings is 1. The smallest absolute Gasteiger partial charge is 0.250 e. The summed E-state index contributed by atoms with van der Waals surface area (Å²) in [7, 11) is 1.54. The van der Waals surface area contributed by atoms with E-state index in [9.17, 15) is 19.5 Å². The van der Waals surface area contributed by atoms with Crippen molar-refractivity contribution in [1.82, 2.24) is 10.2 Å². The lowest BCUT2D eigenvalue weighted by atomic mass is 9.62. The molecule has 3 saturated heterocycles. The summed E-state index contributed by atoms with van der Waals surface area (Å²) in [4.78, 5) is 42.2. The van der Waals surface area contributed by atoms with Crippen molar-refractivity contribution in [2.24, 2.45) is 23.7 Å². The van der Waals surface area contributed by atoms with Crippen LogP contribution in [0.1, 0.15) is 34.1 Å². The molecule has 3 fully saturated rings. The van der Waals surface area contributed by atoms with Gasteiger partial charge in [-0.3, -0.25) is 14.4 Å². The topological polar surface area (TPSA) is 108 Å². The average Bonchev–Trinajstić information content (AvgIpc) is 3.27. The van der Waals surface area contributed by atoms with Gasteiger partial charge in [0.05, 0.1) is 30.1 Å². The minimum Gasteiger partial charge on any atom is -0.394 e. The molecule has 3 aliphatic heterocycles. The first kappa shape index (κ1) is 24.0. The maximum atomic E-state index is 13.9. The Kier molecular flexibility index (Phi) is 6.00. The number of aliphatic hydroxyl groups excluding tert-OH is 1. The van der Waals surface area contributed by atoms with Crippen LogP contribution >= 0.6 is 11.6 Å². The van der Waals surface area contributed by atoms with E-state index in [0.717, 1.165) is 0 Å². The number of anilines is 1. The van der Waals surface area contributed by atoms with Gasteiger partial charge in [-0.05, 0) is 49.4 Å². The molecule has 0 aliphatic carbocycles. The Labute approximate surface area is 199 Å². The summed E-state index contributed by atoms with van der Waals surface area (Å²) in [6, 6.07) is 5.14. The number of carbonyl (C=O) groups excluding carboxylic acids is 3. The molecule has 8 nitrogen and oxygen atoms in total. The molecule has 3 N–H and O–H groups in total. The summed E-state index contributed by atoms with van der Waals surface area (Å²) >= 11 is 5.98. The van der Waals surface area contributed by atoms with Crippen LogP contribution < -0.4 is 10.6 Å². The van der Waals surface area contributed by atoms with Gasteiger partial charge < -0.3 is 25.4 Å². The molecule has 3 amide bonds. The molecule has 1 aromatic rings. The zero-order valence-electron chi connectivity index (χ0n) is 19.6. The SMILES string of the molecule is CNC(=O)[C@@H]1[C@H]2C(=O)N([C@@H](CO)C(C)C)C(C(=O)Nc3ccc(Cl)cc3)C23CC(C)[C@@]1(C)O3. The molecule has 0 aromatic heterocycles. The summed E-state index contributed by atoms with van der Waals surface area (Å²) in [6.07, 6.45) is 0.471. The fourth-order valence-corrected chi connectivity index (χ4v) is 6.38. The molecular weight excluding hydrogens is 446 g/mol. The van der Waals surface area contributed by atoms with Gasteiger partial charge in [-0.1, -0.05) is 32.4 Å². The second-order valence-electron chi connectivity index (χ2n) is 10.1. The Morgan fingerprint density at radius 3 is 2.45 bits per heavy atom. The lowest BCUT2D eigenvalue weighted by Crippen LogP contribution is -2.57. The number of halogens is 1. The van der Waals surface area contributed by atoms with E-state index in [-0.39, 0.29) is 30.3 Å². The third kappa shape index (κ3) is 3.37. The van der Waals surface area contributed by atoms with Gasteiger partial charge >= 0.3 is 0 Å². The quantitative estimate of drug-likeness (QED) is 0.581. The van der Waals surface area contributed by atoms with Gasteiger partial charge in [0.25, 0.3) is 0 Å². The molecule has 3 heterocycles. The van der Waals surface area contributed by atoms with Crippen LogP contribution in [0.15, 0.2) is 24.3 Å². The van der Waals surface area contributed by atoms with Crippen molar-refractivity contribution in [2.75, 3.05) is 19.0 Å². The highest BCUT2D eigenvalue weighted by Crippen LogP contribution is 2.65. The third-order valence-electron chi connectivity index (χ3n) is 7.96. The Bertz CT molecular complexity index is 969. The van der Waals surface area contributed by atoms with E-state index in [1.54, 1.807) is 31.3 Å². The van der Waals surface area contributed by atoms with Gasteiger partial charge in [-0.2, -0.15) is 0 Å². The van der Waals surface area contributed by atoms with Crippen LogP contribution in [0.3, 0.4) is 0 Å². The molecule has 180 valence electrons. The number of carbonyl (C=O) groups is 3. The first-order chi connectivity index (χ1) is 15.5. The molecule has 7 atom stereocenters. The molecule has 9 heteroatoms. The average molecular weight is 478 g/mol. The highest BCUT2D eigenvalue weighted by atomic mass is 35.5. The van der Waals surface area contributed by atoms with Crippen molar-refractivity contribution in [3.63, 3.8) is 0 Å². The van der Waals surface area contributed by atoms with Gasteiger partial charge in [0.2, 0.25) is 17.7 Å². The van der Waals surface area contributed by atoms with E-state index in [1.807, 2.05) is 27.7 Å². The highest BCUT2D eigenvalue weighted by Gasteiger charge is 2.80. The van der Waals surface area contributed by atoms with Crippen LogP contribution in [-0.4, -0.2) is 64.7 Å². The highest BCUT2D eigenvalue weighted by molar-refractivity contribution is 6.30. The number of ether oxygens (including phenoxy) is 1. The van der Waals surface area contributed by atoms with Crippen LogP contribution in [0.25, 0.3) is 0 Å². The number of likely N-dealkylation sites (tertiary alicyclic amines) is 1. The first-order valence-corrected chi connectivity index (χ1v) is 11.8. The minimum atomic E-state index is -1.15. The zero-order chi connectivity index (χ0) is 24.3. The van der Waals surface area contributed by atoms with E-state index in [4.69, 9.17) is 16.3 Å². The lowest BCUT2D eigenvalue weighted by molar-refractivity contribution is -0.150. The predicted octanol–water partition coefficient (Wildman–Crippen LogP) is 2.05. The third-order valence-corrected chi connectivity index (χ3v) is 8.21. The van der Waals surface area contributed by atoms with Gasteiger partial charge in [0.1, 0.15) is 11.6 Å². The fourth-order valence-electron chi connectivity index (χ4n) is 6.25. The van der Waals surface area contributed by atoms with Crippen molar-refractivity contribution < 1.29 is 24.2 Å². The van der Waals surface area contributed by atoms with Crippen molar-refractivity contribution in [3.8, 4) is 0 Å². The van der Waals surface area contributed by atoms with Gasteiger partial charge in [0.15, 0.2) is 0 Å². The second kappa shape index (κ2) is 8.25. The number of nitrogens with one attached hydrogen (secondary N) is 2. The molecular formula is C24H32ClN3O5. The summed E-state index contributed by atoms with van der Waals surface area (Å²) in [5, 5.41) is 16.3. The maximum Gasteiger partial charge on any atom is 0.250 e. The minimum absolute atomic E-state index is 0.0405. The Morgan fingerprint density at radius 2 is 1.91 bits per heavy atom. The van der Waals surface area contributed by atoms with E-state index in [2.05, 4.69) is 10.6 Å². The van der Waals surface area contributed by atoms with Crippen LogP contribution in [0.2, 0.25) is 5.02 Å². The standard InChI is InChI=1S/C24H32ClN3O5/c1-12(2)16(11-29)28-19(21(31)27-15-8-6-14(25)7-9-15)24-10-13(3)23(4,33-24)17(20(30)26-5)18(24)22(28)32/h6-9,12-13,16-19,29H,10-11H2,1-5H3,(H,26,30)(H,27,31)/t13?,16-,17-,18-,19?,23+,24?/m0/s1. The maximum absolute atomic E-state index is 13.9. The molecule has 4 rings (SSSR count). The number of nitrogens with zero attached hydrogens (tertiary/aromatic N) is 1.